The lowest BCUT2D eigenvalue weighted by atomic mass is 9.99. The van der Waals surface area contributed by atoms with E-state index < -0.39 is 58.8 Å². The van der Waals surface area contributed by atoms with Crippen molar-refractivity contribution < 1.29 is 28.0 Å². The normalized spacial score (nSPS) is 24.8. The number of carbonyl (C=O) groups excluding carboxylic acids is 4. The average molecular weight is 511 g/mol. The molecule has 4 atom stereocenters. The van der Waals surface area contributed by atoms with Crippen molar-refractivity contribution in [1.29, 1.82) is 0 Å². The molecule has 0 radical (unpaired) electrons. The fourth-order valence-corrected chi connectivity index (χ4v) is 5.17. The minimum absolute atomic E-state index is 0.0554. The molecule has 0 spiro atoms. The third kappa shape index (κ3) is 5.23. The van der Waals surface area contributed by atoms with Gasteiger partial charge in [0.25, 0.3) is 11.8 Å². The fraction of sp³-hybridized carbons (Fsp3) is 0.444. The van der Waals surface area contributed by atoms with Crippen LogP contribution < -0.4 is 16.0 Å². The van der Waals surface area contributed by atoms with Crippen molar-refractivity contribution in [2.24, 2.45) is 17.8 Å². The van der Waals surface area contributed by atoms with E-state index >= 15 is 0 Å². The van der Waals surface area contributed by atoms with E-state index in [0.717, 1.165) is 5.56 Å². The Morgan fingerprint density at radius 2 is 1.65 bits per heavy atom. The molecule has 2 aromatic rings. The van der Waals surface area contributed by atoms with Gasteiger partial charge in [0.1, 0.15) is 11.6 Å². The molecule has 3 fully saturated rings. The van der Waals surface area contributed by atoms with Crippen LogP contribution >= 0.6 is 0 Å². The third-order valence-corrected chi connectivity index (χ3v) is 7.64. The molecule has 10 heteroatoms. The van der Waals surface area contributed by atoms with E-state index in [4.69, 9.17) is 0 Å². The standard InChI is InChI=1S/C27H28F2N4O4/c28-27(29)19-13-17(14-20(19)27)23(35)33-26(9-10-26)25(37)32-21(12-16-6-2-1-3-7-16)22(34)24(36)31-15-18-8-4-5-11-30-18/h1-8,11,17,19-21H,9-10,12-15H2,(H,31,36)(H,32,37)(H,33,35)/t17?,19-,20+,21-/m1/s1. The number of alkyl halides is 2. The number of benzene rings is 1. The molecule has 1 heterocycles. The predicted octanol–water partition coefficient (Wildman–Crippen LogP) is 1.93. The van der Waals surface area contributed by atoms with Crippen molar-refractivity contribution in [3.63, 3.8) is 0 Å². The number of pyridine rings is 1. The van der Waals surface area contributed by atoms with E-state index in [1.54, 1.807) is 48.7 Å². The number of carbonyl (C=O) groups is 4. The number of Topliss-reactive ketones (excluding diaryl/α,β-unsaturated/α-hetero) is 1. The second-order valence-corrected chi connectivity index (χ2v) is 10.2. The van der Waals surface area contributed by atoms with Crippen LogP contribution in [0.4, 0.5) is 8.78 Å². The molecule has 1 unspecified atom stereocenters. The maximum atomic E-state index is 13.5. The molecule has 3 aliphatic rings. The van der Waals surface area contributed by atoms with Crippen LogP contribution in [0.5, 0.6) is 0 Å². The van der Waals surface area contributed by atoms with Gasteiger partial charge in [-0.1, -0.05) is 36.4 Å². The lowest BCUT2D eigenvalue weighted by Gasteiger charge is -2.24. The Balaban J connectivity index is 1.22. The Morgan fingerprint density at radius 1 is 0.973 bits per heavy atom. The van der Waals surface area contributed by atoms with Gasteiger partial charge < -0.3 is 16.0 Å². The molecule has 8 nitrogen and oxygen atoms in total. The summed E-state index contributed by atoms with van der Waals surface area (Å²) in [6.45, 7) is 0.0554. The summed E-state index contributed by atoms with van der Waals surface area (Å²) in [7, 11) is 0. The van der Waals surface area contributed by atoms with Crippen LogP contribution in [-0.4, -0.2) is 46.0 Å². The zero-order chi connectivity index (χ0) is 26.2. The molecule has 3 aliphatic carbocycles. The van der Waals surface area contributed by atoms with Gasteiger partial charge in [0, 0.05) is 30.4 Å². The number of ketones is 1. The number of hydrogen-bond donors (Lipinski definition) is 3. The predicted molar refractivity (Wildman–Crippen MR) is 128 cm³/mol. The highest BCUT2D eigenvalue weighted by molar-refractivity contribution is 6.38. The Morgan fingerprint density at radius 3 is 2.27 bits per heavy atom. The Bertz CT molecular complexity index is 1190. The van der Waals surface area contributed by atoms with Crippen molar-refractivity contribution in [3.8, 4) is 0 Å². The molecule has 3 N–H and O–H groups in total. The van der Waals surface area contributed by atoms with Gasteiger partial charge in [-0.15, -0.1) is 0 Å². The summed E-state index contributed by atoms with van der Waals surface area (Å²) in [6, 6.07) is 13.0. The number of nitrogens with one attached hydrogen (secondary N) is 3. The lowest BCUT2D eigenvalue weighted by molar-refractivity contribution is -0.140. The molecule has 5 rings (SSSR count). The van der Waals surface area contributed by atoms with E-state index in [0.29, 0.717) is 18.5 Å². The Kier molecular flexibility index (Phi) is 6.51. The molecule has 37 heavy (non-hydrogen) atoms. The first-order chi connectivity index (χ1) is 17.7. The highest BCUT2D eigenvalue weighted by Crippen LogP contribution is 2.65. The van der Waals surface area contributed by atoms with E-state index in [9.17, 15) is 28.0 Å². The number of aromatic nitrogens is 1. The molecule has 3 amide bonds. The maximum absolute atomic E-state index is 13.5. The molecule has 3 saturated carbocycles. The first-order valence-corrected chi connectivity index (χ1v) is 12.5. The largest absolute Gasteiger partial charge is 0.344 e. The third-order valence-electron chi connectivity index (χ3n) is 7.64. The fourth-order valence-electron chi connectivity index (χ4n) is 5.17. The zero-order valence-electron chi connectivity index (χ0n) is 20.1. The van der Waals surface area contributed by atoms with E-state index in [2.05, 4.69) is 20.9 Å². The number of fused-ring (bicyclic) bond motifs is 1. The van der Waals surface area contributed by atoms with E-state index in [1.807, 2.05) is 6.07 Å². The number of rotatable bonds is 10. The molecule has 1 aromatic carbocycles. The highest BCUT2D eigenvalue weighted by atomic mass is 19.3. The van der Waals surface area contributed by atoms with Crippen molar-refractivity contribution in [1.82, 2.24) is 20.9 Å². The average Bonchev–Trinajstić information content (AvgIpc) is 3.69. The van der Waals surface area contributed by atoms with Crippen molar-refractivity contribution in [2.75, 3.05) is 0 Å². The summed E-state index contributed by atoms with van der Waals surface area (Å²) in [5, 5.41) is 7.96. The van der Waals surface area contributed by atoms with Gasteiger partial charge in [0.15, 0.2) is 0 Å². The van der Waals surface area contributed by atoms with Crippen molar-refractivity contribution >= 4 is 23.5 Å². The summed E-state index contributed by atoms with van der Waals surface area (Å²) in [6.07, 6.45) is 2.65. The smallest absolute Gasteiger partial charge is 0.289 e. The number of nitrogens with zero attached hydrogens (tertiary/aromatic N) is 1. The van der Waals surface area contributed by atoms with Crippen LogP contribution in [0.1, 0.15) is 36.9 Å². The second-order valence-electron chi connectivity index (χ2n) is 10.2. The van der Waals surface area contributed by atoms with E-state index in [-0.39, 0.29) is 25.8 Å². The number of halogens is 2. The van der Waals surface area contributed by atoms with Crippen LogP contribution in [0.25, 0.3) is 0 Å². The van der Waals surface area contributed by atoms with Gasteiger partial charge in [0.2, 0.25) is 17.6 Å². The molecule has 194 valence electrons. The van der Waals surface area contributed by atoms with Crippen LogP contribution in [-0.2, 0) is 32.1 Å². The number of hydrogen-bond acceptors (Lipinski definition) is 5. The van der Waals surface area contributed by atoms with Crippen molar-refractivity contribution in [2.45, 2.75) is 56.2 Å². The van der Waals surface area contributed by atoms with Gasteiger partial charge >= 0.3 is 0 Å². The second kappa shape index (κ2) is 9.64. The van der Waals surface area contributed by atoms with Gasteiger partial charge in [-0.05, 0) is 43.4 Å². The first kappa shape index (κ1) is 25.0. The van der Waals surface area contributed by atoms with Gasteiger partial charge in [-0.3, -0.25) is 24.2 Å². The van der Waals surface area contributed by atoms with Crippen molar-refractivity contribution in [3.05, 3.63) is 66.0 Å². The number of amides is 3. The minimum atomic E-state index is -2.67. The summed E-state index contributed by atoms with van der Waals surface area (Å²) in [4.78, 5) is 55.8. The van der Waals surface area contributed by atoms with E-state index in [1.165, 1.54) is 0 Å². The quantitative estimate of drug-likeness (QED) is 0.423. The SMILES string of the molecule is O=C(NCc1ccccn1)C(=O)[C@@H](Cc1ccccc1)NC(=O)C1(NC(=O)C2C[C@@H]3[C@H](C2)C3(F)F)CC1. The highest BCUT2D eigenvalue weighted by Gasteiger charge is 2.72. The maximum Gasteiger partial charge on any atom is 0.289 e. The van der Waals surface area contributed by atoms with Gasteiger partial charge in [-0.2, -0.15) is 0 Å². The van der Waals surface area contributed by atoms with Gasteiger partial charge in [-0.25, -0.2) is 8.78 Å². The summed E-state index contributed by atoms with van der Waals surface area (Å²) in [5.41, 5.74) is 0.138. The summed E-state index contributed by atoms with van der Waals surface area (Å²) in [5.74, 6) is -7.34. The molecule has 1 aromatic heterocycles. The Labute approximate surface area is 212 Å². The lowest BCUT2D eigenvalue weighted by Crippen LogP contribution is -2.56. The molecule has 0 aliphatic heterocycles. The van der Waals surface area contributed by atoms with Crippen LogP contribution in [0.15, 0.2) is 54.7 Å². The molecule has 0 bridgehead atoms. The van der Waals surface area contributed by atoms with Crippen LogP contribution in [0.2, 0.25) is 0 Å². The monoisotopic (exact) mass is 510 g/mol. The summed E-state index contributed by atoms with van der Waals surface area (Å²) < 4.78 is 27.0. The molecular formula is C27H28F2N4O4. The van der Waals surface area contributed by atoms with Gasteiger partial charge in [0.05, 0.1) is 12.2 Å². The molecule has 0 saturated heterocycles. The zero-order valence-corrected chi connectivity index (χ0v) is 20.1. The first-order valence-electron chi connectivity index (χ1n) is 12.5. The summed E-state index contributed by atoms with van der Waals surface area (Å²) >= 11 is 0. The van der Waals surface area contributed by atoms with Crippen LogP contribution in [0.3, 0.4) is 0 Å². The minimum Gasteiger partial charge on any atom is -0.344 e. The Hall–Kier alpha value is -3.69. The topological polar surface area (TPSA) is 117 Å². The molecular weight excluding hydrogens is 482 g/mol. The van der Waals surface area contributed by atoms with Crippen LogP contribution in [0, 0.1) is 17.8 Å².